The summed E-state index contributed by atoms with van der Waals surface area (Å²) >= 11 is 0. The van der Waals surface area contributed by atoms with Crippen molar-refractivity contribution in [2.45, 2.75) is 77.1 Å². The number of hydrogen-bond acceptors (Lipinski definition) is 6. The number of Topliss-reactive ketones (excluding diaryl/α,β-unsaturated/α-hetero) is 1. The minimum Gasteiger partial charge on any atom is -0.414 e. The Labute approximate surface area is 159 Å². The molecule has 0 radical (unpaired) electrons. The largest absolute Gasteiger partial charge is 0.414 e. The summed E-state index contributed by atoms with van der Waals surface area (Å²) in [5, 5.41) is 10.5. The van der Waals surface area contributed by atoms with Crippen LogP contribution in [-0.4, -0.2) is 47.6 Å². The molecule has 0 unspecified atom stereocenters. The van der Waals surface area contributed by atoms with Gasteiger partial charge in [0.05, 0.1) is 12.7 Å². The molecule has 0 amide bonds. The van der Waals surface area contributed by atoms with Crippen LogP contribution in [0, 0.1) is 6.92 Å². The van der Waals surface area contributed by atoms with E-state index in [0.717, 1.165) is 4.57 Å². The lowest BCUT2D eigenvalue weighted by molar-refractivity contribution is -0.159. The van der Waals surface area contributed by atoms with Gasteiger partial charge in [0, 0.05) is 18.2 Å². The van der Waals surface area contributed by atoms with E-state index in [4.69, 9.17) is 9.16 Å². The van der Waals surface area contributed by atoms with Gasteiger partial charge in [-0.25, -0.2) is 4.79 Å². The Morgan fingerprint density at radius 2 is 2.04 bits per heavy atom. The number of nitrogens with zero attached hydrogens (tertiary/aromatic N) is 1. The average molecular weight is 399 g/mol. The van der Waals surface area contributed by atoms with Gasteiger partial charge in [-0.05, 0) is 32.0 Å². The quantitative estimate of drug-likeness (QED) is 0.723. The van der Waals surface area contributed by atoms with E-state index >= 15 is 0 Å². The smallest absolute Gasteiger partial charge is 0.331 e. The molecule has 3 atom stereocenters. The number of ether oxygens (including phenoxy) is 1. The van der Waals surface area contributed by atoms with Gasteiger partial charge in [0.2, 0.25) is 5.72 Å². The van der Waals surface area contributed by atoms with Crippen molar-refractivity contribution in [1.82, 2.24) is 9.55 Å². The molecule has 8 nitrogen and oxygen atoms in total. The van der Waals surface area contributed by atoms with Gasteiger partial charge in [-0.2, -0.15) is 0 Å². The van der Waals surface area contributed by atoms with Crippen molar-refractivity contribution < 1.29 is 19.1 Å². The van der Waals surface area contributed by atoms with Crippen LogP contribution in [-0.2, 0) is 19.7 Å². The van der Waals surface area contributed by atoms with Crippen molar-refractivity contribution in [2.75, 3.05) is 6.61 Å². The van der Waals surface area contributed by atoms with Crippen LogP contribution in [0.5, 0.6) is 0 Å². The third kappa shape index (κ3) is 4.01. The van der Waals surface area contributed by atoms with Crippen molar-refractivity contribution >= 4 is 14.1 Å². The molecule has 1 fully saturated rings. The molecule has 2 heterocycles. The van der Waals surface area contributed by atoms with Crippen molar-refractivity contribution in [3.8, 4) is 0 Å². The molecule has 27 heavy (non-hydrogen) atoms. The topological polar surface area (TPSA) is 111 Å². The fourth-order valence-electron chi connectivity index (χ4n) is 2.83. The van der Waals surface area contributed by atoms with Crippen LogP contribution in [0.15, 0.2) is 15.8 Å². The molecule has 0 aromatic carbocycles. The number of aliphatic hydroxyl groups is 1. The standard InChI is InChI=1S/C18H30N2O6Si/c1-11-9-20(16(24)19-15(11)23)18(12(2)21)8-13(22)14(26-18)10-25-27(6,7)17(3,4)5/h9,13-14,22H,8,10H2,1-7H3,(H,19,23,24)/t13-,14+,18-/m0/s1. The second-order valence-electron chi connectivity index (χ2n) is 8.78. The molecule has 1 aliphatic heterocycles. The highest BCUT2D eigenvalue weighted by atomic mass is 28.4. The normalized spacial score (nSPS) is 26.4. The van der Waals surface area contributed by atoms with Gasteiger partial charge >= 0.3 is 5.69 Å². The Kier molecular flexibility index (Phi) is 5.73. The molecule has 1 aromatic heterocycles. The maximum Gasteiger partial charge on any atom is 0.331 e. The van der Waals surface area contributed by atoms with Crippen LogP contribution >= 0.6 is 0 Å². The summed E-state index contributed by atoms with van der Waals surface area (Å²) < 4.78 is 13.1. The van der Waals surface area contributed by atoms with Crippen LogP contribution in [0.3, 0.4) is 0 Å². The number of carbonyl (C=O) groups is 1. The summed E-state index contributed by atoms with van der Waals surface area (Å²) in [6.45, 7) is 13.5. The average Bonchev–Trinajstić information content (AvgIpc) is 2.86. The van der Waals surface area contributed by atoms with E-state index in [1.807, 2.05) is 0 Å². The zero-order valence-electron chi connectivity index (χ0n) is 17.1. The summed E-state index contributed by atoms with van der Waals surface area (Å²) in [6, 6.07) is 0. The van der Waals surface area contributed by atoms with Crippen LogP contribution < -0.4 is 11.2 Å². The van der Waals surface area contributed by atoms with Gasteiger partial charge in [-0.15, -0.1) is 0 Å². The van der Waals surface area contributed by atoms with E-state index in [2.05, 4.69) is 38.8 Å². The number of carbonyl (C=O) groups excluding carboxylic acids is 1. The molecule has 9 heteroatoms. The Morgan fingerprint density at radius 3 is 2.56 bits per heavy atom. The summed E-state index contributed by atoms with van der Waals surface area (Å²) in [7, 11) is -2.07. The number of aryl methyl sites for hydroxylation is 1. The lowest BCUT2D eigenvalue weighted by Gasteiger charge is -2.37. The number of ketones is 1. The first kappa shape index (κ1) is 21.7. The van der Waals surface area contributed by atoms with E-state index in [1.165, 1.54) is 20.0 Å². The Morgan fingerprint density at radius 1 is 1.44 bits per heavy atom. The molecule has 0 bridgehead atoms. The van der Waals surface area contributed by atoms with Crippen LogP contribution in [0.25, 0.3) is 0 Å². The fraction of sp³-hybridized carbons (Fsp3) is 0.722. The summed E-state index contributed by atoms with van der Waals surface area (Å²) in [4.78, 5) is 38.6. The van der Waals surface area contributed by atoms with Gasteiger partial charge in [0.1, 0.15) is 6.10 Å². The molecule has 2 rings (SSSR count). The van der Waals surface area contributed by atoms with E-state index in [-0.39, 0.29) is 23.6 Å². The molecule has 2 N–H and O–H groups in total. The minimum absolute atomic E-state index is 0.0127. The van der Waals surface area contributed by atoms with Gasteiger partial charge < -0.3 is 14.3 Å². The van der Waals surface area contributed by atoms with E-state index < -0.39 is 43.3 Å². The number of hydrogen-bond donors (Lipinski definition) is 2. The number of aromatic nitrogens is 2. The highest BCUT2D eigenvalue weighted by Gasteiger charge is 2.52. The summed E-state index contributed by atoms with van der Waals surface area (Å²) in [5.41, 5.74) is -2.66. The molecule has 152 valence electrons. The molecule has 1 aliphatic rings. The first-order valence-electron chi connectivity index (χ1n) is 9.05. The van der Waals surface area contributed by atoms with Gasteiger partial charge in [0.25, 0.3) is 5.56 Å². The highest BCUT2D eigenvalue weighted by Crippen LogP contribution is 2.39. The minimum atomic E-state index is -2.07. The Balaban J connectivity index is 2.35. The molecular formula is C18H30N2O6Si. The maximum absolute atomic E-state index is 12.4. The SMILES string of the molecule is CC(=O)[C@]1(n2cc(C)c(=O)[nH]c2=O)C[C@H](O)[C@@H](CO[Si](C)(C)C(C)(C)C)O1. The summed E-state index contributed by atoms with van der Waals surface area (Å²) in [5.74, 6) is -0.426. The third-order valence-corrected chi connectivity index (χ3v) is 10.2. The first-order chi connectivity index (χ1) is 12.2. The Hall–Kier alpha value is -1.55. The fourth-order valence-corrected chi connectivity index (χ4v) is 3.84. The van der Waals surface area contributed by atoms with E-state index in [1.54, 1.807) is 0 Å². The number of nitrogens with one attached hydrogen (secondary N) is 1. The molecule has 1 saturated heterocycles. The van der Waals surface area contributed by atoms with Gasteiger partial charge in [0.15, 0.2) is 14.1 Å². The number of rotatable bonds is 5. The second kappa shape index (κ2) is 7.12. The van der Waals surface area contributed by atoms with E-state index in [9.17, 15) is 19.5 Å². The lowest BCUT2D eigenvalue weighted by atomic mass is 10.0. The first-order valence-corrected chi connectivity index (χ1v) is 12.0. The van der Waals surface area contributed by atoms with Crippen molar-refractivity contribution in [2.24, 2.45) is 0 Å². The zero-order chi connectivity index (χ0) is 20.8. The van der Waals surface area contributed by atoms with Gasteiger partial charge in [-0.3, -0.25) is 19.1 Å². The van der Waals surface area contributed by atoms with Crippen LogP contribution in [0.2, 0.25) is 18.1 Å². The molecule has 0 spiro atoms. The monoisotopic (exact) mass is 398 g/mol. The molecule has 0 aliphatic carbocycles. The van der Waals surface area contributed by atoms with E-state index in [0.29, 0.717) is 0 Å². The van der Waals surface area contributed by atoms with Crippen molar-refractivity contribution in [3.05, 3.63) is 32.6 Å². The predicted molar refractivity (Wildman–Crippen MR) is 103 cm³/mol. The maximum atomic E-state index is 12.4. The predicted octanol–water partition coefficient (Wildman–Crippen LogP) is 1.26. The molecular weight excluding hydrogens is 368 g/mol. The molecule has 1 aromatic rings. The number of H-pyrrole nitrogens is 1. The highest BCUT2D eigenvalue weighted by molar-refractivity contribution is 6.74. The second-order valence-corrected chi connectivity index (χ2v) is 13.6. The Bertz CT molecular complexity index is 837. The van der Waals surface area contributed by atoms with Crippen molar-refractivity contribution in [1.29, 1.82) is 0 Å². The van der Waals surface area contributed by atoms with Gasteiger partial charge in [-0.1, -0.05) is 20.8 Å². The van der Waals surface area contributed by atoms with Crippen molar-refractivity contribution in [3.63, 3.8) is 0 Å². The third-order valence-electron chi connectivity index (χ3n) is 5.74. The molecule has 0 saturated carbocycles. The van der Waals surface area contributed by atoms with Crippen LogP contribution in [0.1, 0.15) is 39.7 Å². The summed E-state index contributed by atoms with van der Waals surface area (Å²) in [6.07, 6.45) is -0.508. The number of aliphatic hydroxyl groups excluding tert-OH is 1. The number of aromatic amines is 1. The zero-order valence-corrected chi connectivity index (χ0v) is 18.1. The van der Waals surface area contributed by atoms with Crippen LogP contribution in [0.4, 0.5) is 0 Å². The lowest BCUT2D eigenvalue weighted by Crippen LogP contribution is -2.49.